The molecule has 1 aromatic heterocycles. The molecule has 0 aliphatic heterocycles. The van der Waals surface area contributed by atoms with E-state index >= 15 is 0 Å². The number of rotatable bonds is 5. The monoisotopic (exact) mass is 358 g/mol. The summed E-state index contributed by atoms with van der Waals surface area (Å²) in [5, 5.41) is 5.67. The van der Waals surface area contributed by atoms with Crippen molar-refractivity contribution in [2.24, 2.45) is 0 Å². The second-order valence-corrected chi connectivity index (χ2v) is 7.05. The van der Waals surface area contributed by atoms with E-state index in [0.29, 0.717) is 0 Å². The first-order chi connectivity index (χ1) is 11.6. The number of carbonyl (C=O) groups is 1. The van der Waals surface area contributed by atoms with E-state index in [1.807, 2.05) is 29.6 Å². The summed E-state index contributed by atoms with van der Waals surface area (Å²) in [5.41, 5.74) is 2.71. The number of thioether (sulfide) groups is 1. The molecule has 3 nitrogen and oxygen atoms in total. The molecule has 0 spiro atoms. The summed E-state index contributed by atoms with van der Waals surface area (Å²) < 4.78 is 13.0. The van der Waals surface area contributed by atoms with Gasteiger partial charge in [0.2, 0.25) is 5.91 Å². The molecule has 3 aromatic rings. The predicted molar refractivity (Wildman–Crippen MR) is 97.8 cm³/mol. The lowest BCUT2D eigenvalue weighted by molar-refractivity contribution is -0.114. The number of hydrogen-bond acceptors (Lipinski definition) is 4. The standard InChI is InChI=1S/C18H15FN2OS2/c1-12(22)20-15-6-8-17(9-7-15)23-10-16-11-24-18(21-16)13-2-4-14(19)5-3-13/h2-9,11H,10H2,1H3,(H,20,22). The van der Waals surface area contributed by atoms with Crippen LogP contribution in [0.5, 0.6) is 0 Å². The first-order valence-electron chi connectivity index (χ1n) is 7.31. The van der Waals surface area contributed by atoms with Gasteiger partial charge >= 0.3 is 0 Å². The third-order valence-electron chi connectivity index (χ3n) is 3.20. The topological polar surface area (TPSA) is 42.0 Å². The number of aromatic nitrogens is 1. The predicted octanol–water partition coefficient (Wildman–Crippen LogP) is 5.20. The Balaban J connectivity index is 1.61. The lowest BCUT2D eigenvalue weighted by Gasteiger charge is -2.03. The van der Waals surface area contributed by atoms with Gasteiger partial charge in [-0.1, -0.05) is 0 Å². The van der Waals surface area contributed by atoms with Gasteiger partial charge < -0.3 is 5.32 Å². The third kappa shape index (κ3) is 4.43. The average molecular weight is 358 g/mol. The highest BCUT2D eigenvalue weighted by molar-refractivity contribution is 7.98. The van der Waals surface area contributed by atoms with Crippen LogP contribution in [0.1, 0.15) is 12.6 Å². The number of halogens is 1. The molecular formula is C18H15FN2OS2. The molecule has 6 heteroatoms. The van der Waals surface area contributed by atoms with Crippen molar-refractivity contribution in [2.75, 3.05) is 5.32 Å². The SMILES string of the molecule is CC(=O)Nc1ccc(SCc2csc(-c3ccc(F)cc3)n2)cc1. The Morgan fingerprint density at radius 2 is 1.88 bits per heavy atom. The number of nitrogens with one attached hydrogen (secondary N) is 1. The molecule has 0 radical (unpaired) electrons. The molecule has 24 heavy (non-hydrogen) atoms. The van der Waals surface area contributed by atoms with Crippen molar-refractivity contribution in [3.05, 3.63) is 65.4 Å². The van der Waals surface area contributed by atoms with Crippen LogP contribution in [-0.4, -0.2) is 10.9 Å². The van der Waals surface area contributed by atoms with Crippen molar-refractivity contribution in [1.82, 2.24) is 4.98 Å². The van der Waals surface area contributed by atoms with Crippen molar-refractivity contribution in [3.63, 3.8) is 0 Å². The smallest absolute Gasteiger partial charge is 0.221 e. The highest BCUT2D eigenvalue weighted by atomic mass is 32.2. The highest BCUT2D eigenvalue weighted by Gasteiger charge is 2.06. The lowest BCUT2D eigenvalue weighted by Crippen LogP contribution is -2.05. The maximum Gasteiger partial charge on any atom is 0.221 e. The van der Waals surface area contributed by atoms with Gasteiger partial charge in [0.1, 0.15) is 10.8 Å². The zero-order valence-electron chi connectivity index (χ0n) is 13.0. The second-order valence-electron chi connectivity index (χ2n) is 5.15. The molecule has 1 amide bonds. The maximum atomic E-state index is 13.0. The molecule has 2 aromatic carbocycles. The average Bonchev–Trinajstić information content (AvgIpc) is 3.03. The molecule has 1 N–H and O–H groups in total. The zero-order chi connectivity index (χ0) is 16.9. The van der Waals surface area contributed by atoms with Gasteiger partial charge in [-0.3, -0.25) is 4.79 Å². The van der Waals surface area contributed by atoms with Crippen LogP contribution in [0.15, 0.2) is 58.8 Å². The van der Waals surface area contributed by atoms with E-state index in [1.54, 1.807) is 35.2 Å². The fraction of sp³-hybridized carbons (Fsp3) is 0.111. The zero-order valence-corrected chi connectivity index (χ0v) is 14.6. The second kappa shape index (κ2) is 7.59. The molecule has 3 rings (SSSR count). The Hall–Kier alpha value is -2.18. The van der Waals surface area contributed by atoms with E-state index in [0.717, 1.165) is 32.6 Å². The van der Waals surface area contributed by atoms with Crippen molar-refractivity contribution in [3.8, 4) is 10.6 Å². The molecule has 0 fully saturated rings. The van der Waals surface area contributed by atoms with E-state index in [1.165, 1.54) is 19.1 Å². The van der Waals surface area contributed by atoms with Crippen molar-refractivity contribution in [1.29, 1.82) is 0 Å². The Morgan fingerprint density at radius 3 is 2.54 bits per heavy atom. The van der Waals surface area contributed by atoms with E-state index in [2.05, 4.69) is 10.3 Å². The summed E-state index contributed by atoms with van der Waals surface area (Å²) in [6, 6.07) is 14.1. The van der Waals surface area contributed by atoms with Gasteiger partial charge in [0.15, 0.2) is 0 Å². The molecule has 0 unspecified atom stereocenters. The summed E-state index contributed by atoms with van der Waals surface area (Å²) in [7, 11) is 0. The molecule has 0 aliphatic rings. The van der Waals surface area contributed by atoms with Gasteiger partial charge in [-0.2, -0.15) is 0 Å². The summed E-state index contributed by atoms with van der Waals surface area (Å²) in [6.07, 6.45) is 0. The number of amides is 1. The summed E-state index contributed by atoms with van der Waals surface area (Å²) in [4.78, 5) is 16.7. The fourth-order valence-corrected chi connectivity index (χ4v) is 3.82. The Labute approximate surface area is 148 Å². The van der Waals surface area contributed by atoms with Crippen molar-refractivity contribution < 1.29 is 9.18 Å². The molecule has 0 saturated carbocycles. The van der Waals surface area contributed by atoms with Crippen molar-refractivity contribution in [2.45, 2.75) is 17.6 Å². The first-order valence-corrected chi connectivity index (χ1v) is 9.17. The van der Waals surface area contributed by atoms with Crippen LogP contribution in [0, 0.1) is 5.82 Å². The van der Waals surface area contributed by atoms with Gasteiger partial charge in [-0.25, -0.2) is 9.37 Å². The number of benzene rings is 2. The third-order valence-corrected chi connectivity index (χ3v) is 5.19. The summed E-state index contributed by atoms with van der Waals surface area (Å²) >= 11 is 3.24. The van der Waals surface area contributed by atoms with E-state index in [-0.39, 0.29) is 11.7 Å². The van der Waals surface area contributed by atoms with Gasteiger partial charge in [0.25, 0.3) is 0 Å². The van der Waals surface area contributed by atoms with Crippen molar-refractivity contribution >= 4 is 34.7 Å². The minimum absolute atomic E-state index is 0.0776. The van der Waals surface area contributed by atoms with Crippen LogP contribution in [0.4, 0.5) is 10.1 Å². The number of carbonyl (C=O) groups excluding carboxylic acids is 1. The normalized spacial score (nSPS) is 10.6. The Kier molecular flexibility index (Phi) is 5.27. The van der Waals surface area contributed by atoms with Gasteiger partial charge in [0, 0.05) is 34.2 Å². The summed E-state index contributed by atoms with van der Waals surface area (Å²) in [5.74, 6) is 0.442. The maximum absolute atomic E-state index is 13.0. The van der Waals surface area contributed by atoms with Crippen LogP contribution in [0.3, 0.4) is 0 Å². The van der Waals surface area contributed by atoms with Crippen LogP contribution < -0.4 is 5.32 Å². The molecule has 0 bridgehead atoms. The largest absolute Gasteiger partial charge is 0.326 e. The molecule has 0 atom stereocenters. The molecule has 1 heterocycles. The first kappa shape index (κ1) is 16.7. The number of anilines is 1. The van der Waals surface area contributed by atoms with Crippen LogP contribution in [0.2, 0.25) is 0 Å². The Morgan fingerprint density at radius 1 is 1.17 bits per heavy atom. The van der Waals surface area contributed by atoms with E-state index < -0.39 is 0 Å². The highest BCUT2D eigenvalue weighted by Crippen LogP contribution is 2.28. The number of hydrogen-bond donors (Lipinski definition) is 1. The van der Waals surface area contributed by atoms with E-state index in [9.17, 15) is 9.18 Å². The molecule has 122 valence electrons. The Bertz CT molecular complexity index is 829. The van der Waals surface area contributed by atoms with Gasteiger partial charge in [0.05, 0.1) is 5.69 Å². The molecule has 0 saturated heterocycles. The quantitative estimate of drug-likeness (QED) is 0.637. The van der Waals surface area contributed by atoms with Crippen LogP contribution in [0.25, 0.3) is 10.6 Å². The molecule has 0 aliphatic carbocycles. The number of thiazole rings is 1. The fourth-order valence-electron chi connectivity index (χ4n) is 2.09. The minimum Gasteiger partial charge on any atom is -0.326 e. The van der Waals surface area contributed by atoms with Crippen LogP contribution in [-0.2, 0) is 10.5 Å². The lowest BCUT2D eigenvalue weighted by atomic mass is 10.2. The van der Waals surface area contributed by atoms with Gasteiger partial charge in [-0.15, -0.1) is 23.1 Å². The number of nitrogens with zero attached hydrogens (tertiary/aromatic N) is 1. The van der Waals surface area contributed by atoms with E-state index in [4.69, 9.17) is 0 Å². The molecular weight excluding hydrogens is 343 g/mol. The summed E-state index contributed by atoms with van der Waals surface area (Å²) in [6.45, 7) is 1.49. The van der Waals surface area contributed by atoms with Crippen LogP contribution >= 0.6 is 23.1 Å². The van der Waals surface area contributed by atoms with Gasteiger partial charge in [-0.05, 0) is 48.5 Å². The minimum atomic E-state index is -0.242.